The van der Waals surface area contributed by atoms with Gasteiger partial charge in [-0.15, -0.1) is 0 Å². The van der Waals surface area contributed by atoms with Crippen molar-refractivity contribution >= 4 is 28.0 Å². The number of para-hydroxylation sites is 2. The molecule has 0 saturated carbocycles. The third-order valence-corrected chi connectivity index (χ3v) is 4.24. The minimum Gasteiger partial charge on any atom is -0.346 e. The molecule has 0 radical (unpaired) electrons. The topological polar surface area (TPSA) is 104 Å². The maximum atomic E-state index is 12.4. The van der Waals surface area contributed by atoms with E-state index in [0.717, 1.165) is 16.9 Å². The molecule has 0 aliphatic heterocycles. The first-order chi connectivity index (χ1) is 12.3. The summed E-state index contributed by atoms with van der Waals surface area (Å²) in [6, 6.07) is 7.69. The molecule has 0 bridgehead atoms. The van der Waals surface area contributed by atoms with Gasteiger partial charge in [-0.05, 0) is 39.8 Å². The summed E-state index contributed by atoms with van der Waals surface area (Å²) in [4.78, 5) is 27.6. The van der Waals surface area contributed by atoms with E-state index < -0.39 is 0 Å². The molecule has 1 aromatic carbocycles. The van der Waals surface area contributed by atoms with Crippen molar-refractivity contribution in [2.45, 2.75) is 39.3 Å². The first kappa shape index (κ1) is 16.3. The van der Waals surface area contributed by atoms with Gasteiger partial charge in [0.2, 0.25) is 5.95 Å². The minimum absolute atomic E-state index is 0.158. The highest BCUT2D eigenvalue weighted by molar-refractivity contribution is 5.75. The molecule has 8 heteroatoms. The molecule has 1 atom stereocenters. The van der Waals surface area contributed by atoms with Gasteiger partial charge in [0, 0.05) is 0 Å². The van der Waals surface area contributed by atoms with Crippen molar-refractivity contribution in [3.05, 3.63) is 46.6 Å². The molecule has 0 amide bonds. The van der Waals surface area contributed by atoms with Gasteiger partial charge >= 0.3 is 0 Å². The van der Waals surface area contributed by atoms with Crippen molar-refractivity contribution in [1.29, 1.82) is 0 Å². The van der Waals surface area contributed by atoms with E-state index in [1.807, 2.05) is 52.0 Å². The predicted molar refractivity (Wildman–Crippen MR) is 101 cm³/mol. The number of imidazole rings is 1. The third-order valence-electron chi connectivity index (χ3n) is 4.24. The van der Waals surface area contributed by atoms with Gasteiger partial charge in [-0.3, -0.25) is 9.78 Å². The van der Waals surface area contributed by atoms with Crippen molar-refractivity contribution in [2.75, 3.05) is 5.32 Å². The van der Waals surface area contributed by atoms with E-state index in [1.54, 1.807) is 10.9 Å². The van der Waals surface area contributed by atoms with Crippen LogP contribution in [0.15, 0.2) is 35.3 Å². The zero-order chi connectivity index (χ0) is 18.5. The molecule has 3 aromatic heterocycles. The molecule has 0 saturated heterocycles. The molecule has 0 aliphatic carbocycles. The first-order valence-corrected chi connectivity index (χ1v) is 8.52. The van der Waals surface area contributed by atoms with Crippen LogP contribution in [0, 0.1) is 0 Å². The van der Waals surface area contributed by atoms with Crippen LogP contribution < -0.4 is 10.9 Å². The summed E-state index contributed by atoms with van der Waals surface area (Å²) in [7, 11) is 0. The van der Waals surface area contributed by atoms with E-state index in [9.17, 15) is 4.79 Å². The Morgan fingerprint density at radius 3 is 2.65 bits per heavy atom. The molecule has 0 aliphatic rings. The fraction of sp³-hybridized carbons (Fsp3) is 0.333. The summed E-state index contributed by atoms with van der Waals surface area (Å²) in [5.74, 6) is 1.17. The Kier molecular flexibility index (Phi) is 3.57. The molecule has 1 unspecified atom stereocenters. The molecule has 4 aromatic rings. The van der Waals surface area contributed by atoms with Crippen LogP contribution in [0.25, 0.3) is 22.1 Å². The van der Waals surface area contributed by atoms with Crippen molar-refractivity contribution < 1.29 is 0 Å². The Balaban J connectivity index is 1.71. The first-order valence-electron chi connectivity index (χ1n) is 8.52. The van der Waals surface area contributed by atoms with Crippen molar-refractivity contribution in [2.24, 2.45) is 0 Å². The third kappa shape index (κ3) is 2.73. The van der Waals surface area contributed by atoms with E-state index in [2.05, 4.69) is 30.4 Å². The predicted octanol–water partition coefficient (Wildman–Crippen LogP) is 2.92. The minimum atomic E-state index is -0.274. The van der Waals surface area contributed by atoms with Gasteiger partial charge < -0.3 is 10.3 Å². The number of hydrogen-bond donors (Lipinski definition) is 3. The summed E-state index contributed by atoms with van der Waals surface area (Å²) in [5, 5.41) is 8.02. The van der Waals surface area contributed by atoms with Gasteiger partial charge in [-0.25, -0.2) is 9.67 Å². The second-order valence-corrected chi connectivity index (χ2v) is 7.38. The molecule has 0 fully saturated rings. The SMILES string of the molecule is CC(Nc1nc2c(cnn2C(C)(C)C)c(=O)[nH]1)c1nc2ccccc2[nH]1. The number of aromatic nitrogens is 6. The van der Waals surface area contributed by atoms with Gasteiger partial charge in [-0.2, -0.15) is 10.1 Å². The number of nitrogens with one attached hydrogen (secondary N) is 3. The van der Waals surface area contributed by atoms with Crippen LogP contribution in [0.3, 0.4) is 0 Å². The van der Waals surface area contributed by atoms with Gasteiger partial charge in [-0.1, -0.05) is 12.1 Å². The number of fused-ring (bicyclic) bond motifs is 2. The van der Waals surface area contributed by atoms with Crippen LogP contribution in [-0.2, 0) is 5.54 Å². The number of anilines is 1. The smallest absolute Gasteiger partial charge is 0.263 e. The van der Waals surface area contributed by atoms with Crippen LogP contribution in [0.1, 0.15) is 39.6 Å². The van der Waals surface area contributed by atoms with E-state index in [4.69, 9.17) is 0 Å². The summed E-state index contributed by atoms with van der Waals surface area (Å²) < 4.78 is 1.76. The zero-order valence-electron chi connectivity index (χ0n) is 15.2. The average molecular weight is 351 g/mol. The second kappa shape index (κ2) is 5.69. The zero-order valence-corrected chi connectivity index (χ0v) is 15.2. The van der Waals surface area contributed by atoms with E-state index in [0.29, 0.717) is 17.0 Å². The molecular weight excluding hydrogens is 330 g/mol. The van der Waals surface area contributed by atoms with Crippen LogP contribution in [-0.4, -0.2) is 29.7 Å². The van der Waals surface area contributed by atoms with Crippen LogP contribution in [0.2, 0.25) is 0 Å². The van der Waals surface area contributed by atoms with Crippen molar-refractivity contribution in [3.8, 4) is 0 Å². The molecule has 3 N–H and O–H groups in total. The lowest BCUT2D eigenvalue weighted by Gasteiger charge is -2.20. The van der Waals surface area contributed by atoms with Gasteiger partial charge in [0.25, 0.3) is 5.56 Å². The molecule has 134 valence electrons. The van der Waals surface area contributed by atoms with Crippen LogP contribution in [0.4, 0.5) is 5.95 Å². The maximum Gasteiger partial charge on any atom is 0.263 e. The Hall–Kier alpha value is -3.16. The molecule has 8 nitrogen and oxygen atoms in total. The Morgan fingerprint density at radius 1 is 1.15 bits per heavy atom. The van der Waals surface area contributed by atoms with Gasteiger partial charge in [0.15, 0.2) is 5.65 Å². The van der Waals surface area contributed by atoms with E-state index >= 15 is 0 Å². The molecular formula is C18H21N7O. The molecule has 3 heterocycles. The summed E-state index contributed by atoms with van der Waals surface area (Å²) in [5.41, 5.74) is 1.94. The molecule has 4 rings (SSSR count). The largest absolute Gasteiger partial charge is 0.346 e. The average Bonchev–Trinajstić information content (AvgIpc) is 3.18. The van der Waals surface area contributed by atoms with Crippen LogP contribution in [0.5, 0.6) is 0 Å². The molecule has 26 heavy (non-hydrogen) atoms. The van der Waals surface area contributed by atoms with Crippen molar-refractivity contribution in [1.82, 2.24) is 29.7 Å². The number of benzene rings is 1. The lowest BCUT2D eigenvalue weighted by atomic mass is 10.1. The number of rotatable bonds is 3. The lowest BCUT2D eigenvalue weighted by Crippen LogP contribution is -2.24. The highest BCUT2D eigenvalue weighted by Gasteiger charge is 2.20. The summed E-state index contributed by atoms with van der Waals surface area (Å²) in [6.07, 6.45) is 1.55. The monoisotopic (exact) mass is 351 g/mol. The van der Waals surface area contributed by atoms with Gasteiger partial charge in [0.1, 0.15) is 11.2 Å². The Labute approximate surface area is 149 Å². The van der Waals surface area contributed by atoms with E-state index in [-0.39, 0.29) is 17.1 Å². The standard InChI is InChI=1S/C18H21N7O/c1-10(14-21-12-7-5-6-8-13(12)22-14)20-17-23-15-11(16(26)24-17)9-19-25(15)18(2,3)4/h5-10H,1-4H3,(H,21,22)(H2,20,23,24,26). The summed E-state index contributed by atoms with van der Waals surface area (Å²) in [6.45, 7) is 8.02. The number of H-pyrrole nitrogens is 2. The Morgan fingerprint density at radius 2 is 1.92 bits per heavy atom. The summed E-state index contributed by atoms with van der Waals surface area (Å²) >= 11 is 0. The second-order valence-electron chi connectivity index (χ2n) is 7.38. The number of aromatic amines is 2. The number of nitrogens with zero attached hydrogens (tertiary/aromatic N) is 4. The normalized spacial score (nSPS) is 13.4. The fourth-order valence-corrected chi connectivity index (χ4v) is 2.93. The lowest BCUT2D eigenvalue weighted by molar-refractivity contribution is 0.366. The van der Waals surface area contributed by atoms with Crippen molar-refractivity contribution in [3.63, 3.8) is 0 Å². The quantitative estimate of drug-likeness (QED) is 0.526. The Bertz CT molecular complexity index is 1110. The highest BCUT2D eigenvalue weighted by Crippen LogP contribution is 2.21. The van der Waals surface area contributed by atoms with Gasteiger partial charge in [0.05, 0.1) is 28.8 Å². The van der Waals surface area contributed by atoms with E-state index in [1.165, 1.54) is 0 Å². The number of hydrogen-bond acceptors (Lipinski definition) is 5. The maximum absolute atomic E-state index is 12.4. The van der Waals surface area contributed by atoms with Crippen LogP contribution >= 0.6 is 0 Å². The highest BCUT2D eigenvalue weighted by atomic mass is 16.1. The fourth-order valence-electron chi connectivity index (χ4n) is 2.93. The molecule has 0 spiro atoms.